The number of amides is 1. The summed E-state index contributed by atoms with van der Waals surface area (Å²) in [6.45, 7) is 3.26. The zero-order valence-electron chi connectivity index (χ0n) is 14.4. The van der Waals surface area contributed by atoms with E-state index in [1.807, 2.05) is 6.92 Å². The number of benzene rings is 1. The van der Waals surface area contributed by atoms with Crippen LogP contribution in [0.15, 0.2) is 17.1 Å². The molecule has 2 aliphatic heterocycles. The Bertz CT molecular complexity index is 738. The molecule has 1 spiro atoms. The monoisotopic (exact) mass is 349 g/mol. The molecule has 0 unspecified atom stereocenters. The van der Waals surface area contributed by atoms with Crippen LogP contribution in [-0.2, 0) is 4.74 Å². The molecule has 1 amide bonds. The molecule has 1 saturated carbocycles. The zero-order valence-corrected chi connectivity index (χ0v) is 14.4. The van der Waals surface area contributed by atoms with Gasteiger partial charge in [-0.3, -0.25) is 9.89 Å². The Kier molecular flexibility index (Phi) is 3.70. The van der Waals surface area contributed by atoms with Gasteiger partial charge >= 0.3 is 6.09 Å². The van der Waals surface area contributed by atoms with Crippen LogP contribution in [0.1, 0.15) is 26.2 Å². The van der Waals surface area contributed by atoms with Crippen LogP contribution in [0.2, 0.25) is 0 Å². The number of anilines is 2. The molecule has 1 aromatic carbocycles. The average molecular weight is 349 g/mol. The van der Waals surface area contributed by atoms with Gasteiger partial charge in [0.15, 0.2) is 11.6 Å². The number of halogens is 2. The number of ether oxygens (including phenoxy) is 1. The quantitative estimate of drug-likeness (QED) is 0.840. The number of carbonyl (C=O) groups is 1. The number of rotatable bonds is 3. The summed E-state index contributed by atoms with van der Waals surface area (Å²) in [7, 11) is 1.73. The normalized spacial score (nSPS) is 26.0. The summed E-state index contributed by atoms with van der Waals surface area (Å²) < 4.78 is 34.6. The second-order valence-corrected chi connectivity index (χ2v) is 7.09. The number of hydrogen-bond acceptors (Lipinski definition) is 4. The number of cyclic esters (lactones) is 1. The molecule has 0 radical (unpaired) electrons. The first-order valence-corrected chi connectivity index (χ1v) is 8.65. The number of aliphatic imine (C=N–C) groups is 1. The lowest BCUT2D eigenvalue weighted by Gasteiger charge is -2.21. The SMILES string of the molecule is CC[C@H]1CN(c2cc(F)c(N3C/C(=N\C)C4(CC4)C3)c(F)c2)C(=O)O1. The number of carbonyl (C=O) groups excluding carboxylic acids is 1. The minimum Gasteiger partial charge on any atom is -0.444 e. The van der Waals surface area contributed by atoms with Crippen molar-refractivity contribution in [2.24, 2.45) is 10.4 Å². The molecule has 2 saturated heterocycles. The third kappa shape index (κ3) is 2.56. The van der Waals surface area contributed by atoms with Crippen LogP contribution in [0.5, 0.6) is 0 Å². The fraction of sp³-hybridized carbons (Fsp3) is 0.556. The zero-order chi connectivity index (χ0) is 17.8. The van der Waals surface area contributed by atoms with Crippen LogP contribution in [0.3, 0.4) is 0 Å². The molecule has 1 atom stereocenters. The lowest BCUT2D eigenvalue weighted by Crippen LogP contribution is -2.26. The summed E-state index contributed by atoms with van der Waals surface area (Å²) >= 11 is 0. The average Bonchev–Trinajstić information content (AvgIpc) is 3.10. The molecule has 0 aromatic heterocycles. The first-order chi connectivity index (χ1) is 12.0. The van der Waals surface area contributed by atoms with Gasteiger partial charge in [0.1, 0.15) is 11.8 Å². The largest absolute Gasteiger partial charge is 0.444 e. The van der Waals surface area contributed by atoms with E-state index in [-0.39, 0.29) is 22.9 Å². The highest BCUT2D eigenvalue weighted by Gasteiger charge is 2.53. The van der Waals surface area contributed by atoms with E-state index >= 15 is 0 Å². The fourth-order valence-corrected chi connectivity index (χ4v) is 3.88. The van der Waals surface area contributed by atoms with E-state index in [4.69, 9.17) is 4.74 Å². The van der Waals surface area contributed by atoms with E-state index in [2.05, 4.69) is 4.99 Å². The predicted octanol–water partition coefficient (Wildman–Crippen LogP) is 3.37. The Morgan fingerprint density at radius 2 is 2.00 bits per heavy atom. The molecule has 4 rings (SSSR count). The fourth-order valence-electron chi connectivity index (χ4n) is 3.88. The molecule has 134 valence electrons. The summed E-state index contributed by atoms with van der Waals surface area (Å²) in [5, 5.41) is 0. The predicted molar refractivity (Wildman–Crippen MR) is 91.5 cm³/mol. The molecule has 25 heavy (non-hydrogen) atoms. The first kappa shape index (κ1) is 16.3. The Morgan fingerprint density at radius 3 is 2.48 bits per heavy atom. The van der Waals surface area contributed by atoms with E-state index in [9.17, 15) is 13.6 Å². The first-order valence-electron chi connectivity index (χ1n) is 8.65. The lowest BCUT2D eigenvalue weighted by molar-refractivity contribution is 0.139. The van der Waals surface area contributed by atoms with Gasteiger partial charge in [-0.15, -0.1) is 0 Å². The highest BCUT2D eigenvalue weighted by atomic mass is 19.1. The smallest absolute Gasteiger partial charge is 0.414 e. The van der Waals surface area contributed by atoms with Crippen molar-refractivity contribution in [1.29, 1.82) is 0 Å². The highest BCUT2D eigenvalue weighted by molar-refractivity contribution is 5.99. The van der Waals surface area contributed by atoms with Gasteiger partial charge in [0.2, 0.25) is 0 Å². The van der Waals surface area contributed by atoms with E-state index in [1.165, 1.54) is 17.0 Å². The maximum Gasteiger partial charge on any atom is 0.414 e. The molecule has 0 bridgehead atoms. The summed E-state index contributed by atoms with van der Waals surface area (Å²) in [5.74, 6) is -1.31. The van der Waals surface area contributed by atoms with Gasteiger partial charge in [0.05, 0.1) is 18.8 Å². The molecule has 1 aromatic rings. The van der Waals surface area contributed by atoms with E-state index in [0.717, 1.165) is 18.6 Å². The van der Waals surface area contributed by atoms with Crippen molar-refractivity contribution in [1.82, 2.24) is 0 Å². The van der Waals surface area contributed by atoms with Crippen molar-refractivity contribution in [3.05, 3.63) is 23.8 Å². The van der Waals surface area contributed by atoms with Crippen LogP contribution >= 0.6 is 0 Å². The third-order valence-corrected chi connectivity index (χ3v) is 5.53. The van der Waals surface area contributed by atoms with Gasteiger partial charge < -0.3 is 9.64 Å². The van der Waals surface area contributed by atoms with E-state index in [0.29, 0.717) is 26.1 Å². The summed E-state index contributed by atoms with van der Waals surface area (Å²) in [6.07, 6.45) is 1.91. The minimum absolute atomic E-state index is 0.0133. The molecular weight excluding hydrogens is 328 g/mol. The molecule has 5 nitrogen and oxygen atoms in total. The summed E-state index contributed by atoms with van der Waals surface area (Å²) in [5.41, 5.74) is 1.20. The number of nitrogens with zero attached hydrogens (tertiary/aromatic N) is 3. The van der Waals surface area contributed by atoms with Gasteiger partial charge in [-0.1, -0.05) is 6.92 Å². The van der Waals surface area contributed by atoms with Gasteiger partial charge in [-0.2, -0.15) is 0 Å². The molecule has 7 heteroatoms. The molecule has 2 heterocycles. The Hall–Kier alpha value is -2.18. The van der Waals surface area contributed by atoms with Crippen molar-refractivity contribution >= 4 is 23.2 Å². The third-order valence-electron chi connectivity index (χ3n) is 5.53. The topological polar surface area (TPSA) is 45.1 Å². The maximum absolute atomic E-state index is 14.7. The Balaban J connectivity index is 1.63. The second kappa shape index (κ2) is 5.68. The Labute approximate surface area is 145 Å². The van der Waals surface area contributed by atoms with Crippen molar-refractivity contribution in [2.75, 3.05) is 36.5 Å². The summed E-state index contributed by atoms with van der Waals surface area (Å²) in [4.78, 5) is 19.2. The van der Waals surface area contributed by atoms with Crippen molar-refractivity contribution < 1.29 is 18.3 Å². The number of hydrogen-bond donors (Lipinski definition) is 0. The van der Waals surface area contributed by atoms with Gasteiger partial charge in [-0.25, -0.2) is 13.6 Å². The van der Waals surface area contributed by atoms with Crippen molar-refractivity contribution in [3.63, 3.8) is 0 Å². The van der Waals surface area contributed by atoms with E-state index in [1.54, 1.807) is 11.9 Å². The molecule has 0 N–H and O–H groups in total. The molecule has 3 fully saturated rings. The second-order valence-electron chi connectivity index (χ2n) is 7.09. The minimum atomic E-state index is -0.657. The van der Waals surface area contributed by atoms with Crippen LogP contribution in [0, 0.1) is 17.0 Å². The molecular formula is C18H21F2N3O2. The highest BCUT2D eigenvalue weighted by Crippen LogP contribution is 2.52. The standard InChI is InChI=1S/C18H21F2N3O2/c1-3-12-8-23(17(24)25-12)11-6-13(19)16(14(20)7-11)22-9-15(21-2)18(10-22)4-5-18/h6-7,12H,3-5,8-10H2,1-2H3/b21-15+/t12-/m0/s1. The van der Waals surface area contributed by atoms with Crippen LogP contribution in [0.4, 0.5) is 25.0 Å². The van der Waals surface area contributed by atoms with Crippen LogP contribution < -0.4 is 9.80 Å². The molecule has 3 aliphatic rings. The lowest BCUT2D eigenvalue weighted by atomic mass is 10.1. The Morgan fingerprint density at radius 1 is 1.32 bits per heavy atom. The maximum atomic E-state index is 14.7. The van der Waals surface area contributed by atoms with Crippen LogP contribution in [0.25, 0.3) is 0 Å². The van der Waals surface area contributed by atoms with Crippen LogP contribution in [-0.4, -0.2) is 44.6 Å². The van der Waals surface area contributed by atoms with Crippen molar-refractivity contribution in [2.45, 2.75) is 32.3 Å². The van der Waals surface area contributed by atoms with Gasteiger partial charge in [0.25, 0.3) is 0 Å². The van der Waals surface area contributed by atoms with Gasteiger partial charge in [-0.05, 0) is 19.3 Å². The summed E-state index contributed by atoms with van der Waals surface area (Å²) in [6, 6.07) is 2.44. The van der Waals surface area contributed by atoms with Gasteiger partial charge in [0, 0.05) is 36.9 Å². The molecule has 1 aliphatic carbocycles. The van der Waals surface area contributed by atoms with Crippen molar-refractivity contribution in [3.8, 4) is 0 Å². The van der Waals surface area contributed by atoms with E-state index < -0.39 is 17.7 Å².